The van der Waals surface area contributed by atoms with Crippen molar-refractivity contribution in [3.63, 3.8) is 0 Å². The second-order valence-corrected chi connectivity index (χ2v) is 9.59. The van der Waals surface area contributed by atoms with E-state index in [2.05, 4.69) is 34.6 Å². The molecule has 0 N–H and O–H groups in total. The number of hydrogen-bond acceptors (Lipinski definition) is 0. The molecule has 0 aromatic rings. The SMILES string of the molecule is CC.CC.CCCCC1=C(C(C)C2CCCC3=C2CCCC3C)C(C)CCC1C. The third-order valence-electron chi connectivity index (χ3n) is 7.92. The molecular formula is C29H54. The average molecular weight is 403 g/mol. The number of rotatable bonds is 5. The smallest absolute Gasteiger partial charge is 0.0137 e. The Kier molecular flexibility index (Phi) is 12.5. The van der Waals surface area contributed by atoms with Gasteiger partial charge in [-0.1, -0.05) is 91.0 Å². The van der Waals surface area contributed by atoms with Crippen LogP contribution < -0.4 is 0 Å². The van der Waals surface area contributed by atoms with E-state index in [1.54, 1.807) is 0 Å². The normalized spacial score (nSPS) is 30.5. The summed E-state index contributed by atoms with van der Waals surface area (Å²) in [4.78, 5) is 0. The van der Waals surface area contributed by atoms with Crippen molar-refractivity contribution >= 4 is 0 Å². The van der Waals surface area contributed by atoms with Crippen LogP contribution in [0.2, 0.25) is 0 Å². The minimum absolute atomic E-state index is 0.792. The van der Waals surface area contributed by atoms with E-state index < -0.39 is 0 Å². The number of allylic oxidation sites excluding steroid dienone is 4. The summed E-state index contributed by atoms with van der Waals surface area (Å²) < 4.78 is 0. The summed E-state index contributed by atoms with van der Waals surface area (Å²) in [5.41, 5.74) is 7.60. The molecule has 0 radical (unpaired) electrons. The van der Waals surface area contributed by atoms with Gasteiger partial charge in [-0.3, -0.25) is 0 Å². The molecule has 5 unspecified atom stereocenters. The zero-order chi connectivity index (χ0) is 22.0. The van der Waals surface area contributed by atoms with Gasteiger partial charge in [0, 0.05) is 0 Å². The van der Waals surface area contributed by atoms with Gasteiger partial charge in [0.05, 0.1) is 0 Å². The van der Waals surface area contributed by atoms with Gasteiger partial charge >= 0.3 is 0 Å². The molecule has 0 bridgehead atoms. The van der Waals surface area contributed by atoms with E-state index in [0.717, 1.165) is 29.6 Å². The molecule has 0 aromatic heterocycles. The summed E-state index contributed by atoms with van der Waals surface area (Å²) in [6.07, 6.45) is 15.5. The predicted molar refractivity (Wildman–Crippen MR) is 133 cm³/mol. The molecule has 3 aliphatic rings. The van der Waals surface area contributed by atoms with Crippen molar-refractivity contribution in [2.75, 3.05) is 0 Å². The molecular weight excluding hydrogens is 348 g/mol. The molecule has 3 rings (SSSR count). The molecule has 0 aliphatic heterocycles. The molecule has 0 spiro atoms. The summed E-state index contributed by atoms with van der Waals surface area (Å²) in [5.74, 6) is 4.19. The van der Waals surface area contributed by atoms with Crippen molar-refractivity contribution in [2.24, 2.45) is 29.6 Å². The number of hydrogen-bond donors (Lipinski definition) is 0. The minimum Gasteiger partial charge on any atom is -0.0683 e. The first-order valence-electron chi connectivity index (χ1n) is 13.5. The first-order valence-corrected chi connectivity index (χ1v) is 13.5. The van der Waals surface area contributed by atoms with Gasteiger partial charge in [-0.05, 0) is 93.8 Å². The summed E-state index contributed by atoms with van der Waals surface area (Å²) in [6, 6.07) is 0. The third kappa shape index (κ3) is 6.48. The maximum atomic E-state index is 2.61. The minimum atomic E-state index is 0.792. The Bertz CT molecular complexity index is 520. The topological polar surface area (TPSA) is 0 Å². The highest BCUT2D eigenvalue weighted by atomic mass is 14.4. The summed E-state index contributed by atoms with van der Waals surface area (Å²) in [6.45, 7) is 20.5. The van der Waals surface area contributed by atoms with Crippen LogP contribution >= 0.6 is 0 Å². The number of unbranched alkanes of at least 4 members (excludes halogenated alkanes) is 1. The highest BCUT2D eigenvalue weighted by molar-refractivity contribution is 5.31. The van der Waals surface area contributed by atoms with Crippen LogP contribution in [0.1, 0.15) is 133 Å². The molecule has 0 amide bonds. The van der Waals surface area contributed by atoms with Gasteiger partial charge in [0.25, 0.3) is 0 Å². The third-order valence-corrected chi connectivity index (χ3v) is 7.92. The van der Waals surface area contributed by atoms with Crippen LogP contribution in [-0.2, 0) is 0 Å². The maximum Gasteiger partial charge on any atom is -0.0137 e. The van der Waals surface area contributed by atoms with Crippen LogP contribution in [0.25, 0.3) is 0 Å². The monoisotopic (exact) mass is 402 g/mol. The Hall–Kier alpha value is -0.520. The van der Waals surface area contributed by atoms with Crippen LogP contribution in [0.3, 0.4) is 0 Å². The van der Waals surface area contributed by atoms with Crippen LogP contribution in [0.15, 0.2) is 22.3 Å². The fraction of sp³-hybridized carbons (Fsp3) is 0.862. The lowest BCUT2D eigenvalue weighted by molar-refractivity contribution is 0.310. The molecule has 0 fully saturated rings. The molecule has 170 valence electrons. The fourth-order valence-electron chi connectivity index (χ4n) is 6.47. The summed E-state index contributed by atoms with van der Waals surface area (Å²) in [5, 5.41) is 0. The van der Waals surface area contributed by atoms with Crippen molar-refractivity contribution < 1.29 is 0 Å². The van der Waals surface area contributed by atoms with Crippen LogP contribution in [0.5, 0.6) is 0 Å². The fourth-order valence-corrected chi connectivity index (χ4v) is 6.47. The molecule has 0 nitrogen and oxygen atoms in total. The Morgan fingerprint density at radius 1 is 0.759 bits per heavy atom. The van der Waals surface area contributed by atoms with E-state index in [9.17, 15) is 0 Å². The standard InChI is InChI=1S/C25H42.2C2H6/c1-6-7-11-22-18(3)15-16-19(4)25(22)20(5)23-13-9-12-21-17(2)10-8-14-24(21)23;2*1-2/h17-20,23H,6-16H2,1-5H3;2*1-2H3. The van der Waals surface area contributed by atoms with Crippen LogP contribution in [0, 0.1) is 29.6 Å². The first-order chi connectivity index (χ1) is 14.0. The second-order valence-electron chi connectivity index (χ2n) is 9.59. The quantitative estimate of drug-likeness (QED) is 0.401. The molecule has 5 atom stereocenters. The highest BCUT2D eigenvalue weighted by Gasteiger charge is 2.36. The van der Waals surface area contributed by atoms with E-state index in [1.807, 2.05) is 50.0 Å². The van der Waals surface area contributed by atoms with Crippen molar-refractivity contribution in [3.8, 4) is 0 Å². The maximum absolute atomic E-state index is 2.61. The van der Waals surface area contributed by atoms with E-state index in [-0.39, 0.29) is 0 Å². The van der Waals surface area contributed by atoms with E-state index in [4.69, 9.17) is 0 Å². The van der Waals surface area contributed by atoms with Gasteiger partial charge in [0.1, 0.15) is 0 Å². The zero-order valence-electron chi connectivity index (χ0n) is 21.7. The van der Waals surface area contributed by atoms with E-state index in [1.165, 1.54) is 70.6 Å². The van der Waals surface area contributed by atoms with E-state index in [0.29, 0.717) is 0 Å². The van der Waals surface area contributed by atoms with E-state index >= 15 is 0 Å². The molecule has 0 aromatic carbocycles. The van der Waals surface area contributed by atoms with Gasteiger partial charge < -0.3 is 0 Å². The lowest BCUT2D eigenvalue weighted by Crippen LogP contribution is -2.29. The summed E-state index contributed by atoms with van der Waals surface area (Å²) >= 11 is 0. The highest BCUT2D eigenvalue weighted by Crippen LogP contribution is 2.49. The van der Waals surface area contributed by atoms with Crippen molar-refractivity contribution in [1.29, 1.82) is 0 Å². The molecule has 3 aliphatic carbocycles. The zero-order valence-corrected chi connectivity index (χ0v) is 21.7. The van der Waals surface area contributed by atoms with Gasteiger partial charge in [-0.15, -0.1) is 0 Å². The Morgan fingerprint density at radius 2 is 1.34 bits per heavy atom. The van der Waals surface area contributed by atoms with Crippen LogP contribution in [-0.4, -0.2) is 0 Å². The van der Waals surface area contributed by atoms with Gasteiger partial charge in [-0.2, -0.15) is 0 Å². The van der Waals surface area contributed by atoms with Gasteiger partial charge in [-0.25, -0.2) is 0 Å². The Balaban J connectivity index is 0.000000989. The first kappa shape index (κ1) is 26.5. The second kappa shape index (κ2) is 13.7. The Labute approximate surface area is 185 Å². The molecule has 0 heteroatoms. The molecule has 0 saturated carbocycles. The van der Waals surface area contributed by atoms with Gasteiger partial charge in [0.15, 0.2) is 0 Å². The van der Waals surface area contributed by atoms with Gasteiger partial charge in [0.2, 0.25) is 0 Å². The lowest BCUT2D eigenvalue weighted by Gasteiger charge is -2.42. The Morgan fingerprint density at radius 3 is 2.00 bits per heavy atom. The van der Waals surface area contributed by atoms with Crippen molar-refractivity contribution in [2.45, 2.75) is 133 Å². The predicted octanol–water partition coefficient (Wildman–Crippen LogP) is 10.1. The molecule has 0 heterocycles. The lowest BCUT2D eigenvalue weighted by atomic mass is 9.63. The molecule has 0 saturated heterocycles. The van der Waals surface area contributed by atoms with Crippen molar-refractivity contribution in [1.82, 2.24) is 0 Å². The molecule has 29 heavy (non-hydrogen) atoms. The summed E-state index contributed by atoms with van der Waals surface area (Å²) in [7, 11) is 0. The van der Waals surface area contributed by atoms with Crippen molar-refractivity contribution in [3.05, 3.63) is 22.3 Å². The average Bonchev–Trinajstić information content (AvgIpc) is 2.76. The van der Waals surface area contributed by atoms with Crippen LogP contribution in [0.4, 0.5) is 0 Å². The largest absolute Gasteiger partial charge is 0.0683 e.